The first kappa shape index (κ1) is 15.1. The second-order valence-corrected chi connectivity index (χ2v) is 5.31. The summed E-state index contributed by atoms with van der Waals surface area (Å²) in [6.45, 7) is 10.1. The SMILES string of the molecule is CCCCC(CC)CNc1ccc(C)cc1CC. The maximum Gasteiger partial charge on any atom is 0.0372 e. The molecule has 1 aromatic carbocycles. The first-order chi connectivity index (χ1) is 8.71. The van der Waals surface area contributed by atoms with Crippen LogP contribution < -0.4 is 5.32 Å². The first-order valence-electron chi connectivity index (χ1n) is 7.54. The number of unbranched alkanes of at least 4 members (excludes halogenated alkanes) is 1. The van der Waals surface area contributed by atoms with E-state index in [1.54, 1.807) is 0 Å². The van der Waals surface area contributed by atoms with Crippen LogP contribution in [0.4, 0.5) is 5.69 Å². The van der Waals surface area contributed by atoms with Crippen molar-refractivity contribution < 1.29 is 0 Å². The number of anilines is 1. The third-order valence-corrected chi connectivity index (χ3v) is 3.77. The van der Waals surface area contributed by atoms with Gasteiger partial charge in [0.1, 0.15) is 0 Å². The van der Waals surface area contributed by atoms with E-state index >= 15 is 0 Å². The molecule has 1 atom stereocenters. The highest BCUT2D eigenvalue weighted by Gasteiger charge is 2.07. The van der Waals surface area contributed by atoms with E-state index in [2.05, 4.69) is 51.2 Å². The summed E-state index contributed by atoms with van der Waals surface area (Å²) in [4.78, 5) is 0. The zero-order valence-corrected chi connectivity index (χ0v) is 12.6. The van der Waals surface area contributed by atoms with Gasteiger partial charge >= 0.3 is 0 Å². The smallest absolute Gasteiger partial charge is 0.0372 e. The summed E-state index contributed by atoms with van der Waals surface area (Å²) in [6, 6.07) is 6.74. The summed E-state index contributed by atoms with van der Waals surface area (Å²) in [7, 11) is 0. The minimum atomic E-state index is 0.816. The fourth-order valence-electron chi connectivity index (χ4n) is 2.39. The highest BCUT2D eigenvalue weighted by Crippen LogP contribution is 2.20. The van der Waals surface area contributed by atoms with Crippen LogP contribution in [0.1, 0.15) is 57.6 Å². The van der Waals surface area contributed by atoms with Gasteiger partial charge in [0.25, 0.3) is 0 Å². The highest BCUT2D eigenvalue weighted by atomic mass is 14.9. The zero-order chi connectivity index (χ0) is 13.4. The van der Waals surface area contributed by atoms with Gasteiger partial charge in [0.2, 0.25) is 0 Å². The van der Waals surface area contributed by atoms with Crippen molar-refractivity contribution in [2.75, 3.05) is 11.9 Å². The molecule has 0 amide bonds. The molecule has 102 valence electrons. The van der Waals surface area contributed by atoms with Gasteiger partial charge in [-0.3, -0.25) is 0 Å². The largest absolute Gasteiger partial charge is 0.385 e. The van der Waals surface area contributed by atoms with Crippen LogP contribution >= 0.6 is 0 Å². The lowest BCUT2D eigenvalue weighted by Crippen LogP contribution is -2.14. The first-order valence-corrected chi connectivity index (χ1v) is 7.54. The maximum absolute atomic E-state index is 3.65. The van der Waals surface area contributed by atoms with Gasteiger partial charge in [-0.1, -0.05) is 57.7 Å². The minimum Gasteiger partial charge on any atom is -0.385 e. The number of aryl methyl sites for hydroxylation is 2. The summed E-state index contributed by atoms with van der Waals surface area (Å²) in [6.07, 6.45) is 6.40. The van der Waals surface area contributed by atoms with Crippen molar-refractivity contribution in [2.45, 2.75) is 59.8 Å². The lowest BCUT2D eigenvalue weighted by molar-refractivity contribution is 0.472. The van der Waals surface area contributed by atoms with Crippen LogP contribution in [0.15, 0.2) is 18.2 Å². The molecule has 0 bridgehead atoms. The molecule has 1 unspecified atom stereocenters. The molecule has 1 aromatic rings. The van der Waals surface area contributed by atoms with Crippen molar-refractivity contribution in [3.63, 3.8) is 0 Å². The Kier molecular flexibility index (Phi) is 6.85. The summed E-state index contributed by atoms with van der Waals surface area (Å²) >= 11 is 0. The van der Waals surface area contributed by atoms with Crippen LogP contribution in [0.2, 0.25) is 0 Å². The molecule has 0 saturated heterocycles. The van der Waals surface area contributed by atoms with Gasteiger partial charge in [-0.2, -0.15) is 0 Å². The summed E-state index contributed by atoms with van der Waals surface area (Å²) in [5.41, 5.74) is 4.13. The predicted octanol–water partition coefficient (Wildman–Crippen LogP) is 5.19. The topological polar surface area (TPSA) is 12.0 Å². The van der Waals surface area contributed by atoms with Gasteiger partial charge in [-0.25, -0.2) is 0 Å². The quantitative estimate of drug-likeness (QED) is 0.667. The van der Waals surface area contributed by atoms with Crippen molar-refractivity contribution in [2.24, 2.45) is 5.92 Å². The number of rotatable bonds is 8. The fraction of sp³-hybridized carbons (Fsp3) is 0.647. The molecule has 18 heavy (non-hydrogen) atoms. The zero-order valence-electron chi connectivity index (χ0n) is 12.6. The summed E-state index contributed by atoms with van der Waals surface area (Å²) in [5, 5.41) is 3.65. The second kappa shape index (κ2) is 8.18. The fourth-order valence-corrected chi connectivity index (χ4v) is 2.39. The molecule has 0 fully saturated rings. The Bertz CT molecular complexity index is 343. The number of benzene rings is 1. The van der Waals surface area contributed by atoms with Crippen LogP contribution in [-0.4, -0.2) is 6.54 Å². The molecular formula is C17H29N. The van der Waals surface area contributed by atoms with E-state index in [1.807, 2.05) is 0 Å². The highest BCUT2D eigenvalue weighted by molar-refractivity contribution is 5.52. The van der Waals surface area contributed by atoms with Crippen molar-refractivity contribution >= 4 is 5.69 Å². The monoisotopic (exact) mass is 247 g/mol. The van der Waals surface area contributed by atoms with E-state index in [9.17, 15) is 0 Å². The van der Waals surface area contributed by atoms with Crippen molar-refractivity contribution in [3.05, 3.63) is 29.3 Å². The van der Waals surface area contributed by atoms with E-state index in [0.717, 1.165) is 18.9 Å². The molecular weight excluding hydrogens is 218 g/mol. The van der Waals surface area contributed by atoms with E-state index in [1.165, 1.54) is 42.5 Å². The van der Waals surface area contributed by atoms with Crippen molar-refractivity contribution in [1.82, 2.24) is 0 Å². The summed E-state index contributed by atoms with van der Waals surface area (Å²) < 4.78 is 0. The van der Waals surface area contributed by atoms with Gasteiger partial charge in [-0.15, -0.1) is 0 Å². The average molecular weight is 247 g/mol. The third kappa shape index (κ3) is 4.72. The Labute approximate surface area is 113 Å². The number of nitrogens with one attached hydrogen (secondary N) is 1. The molecule has 0 aliphatic rings. The number of hydrogen-bond donors (Lipinski definition) is 1. The lowest BCUT2D eigenvalue weighted by Gasteiger charge is -2.18. The Morgan fingerprint density at radius 2 is 1.94 bits per heavy atom. The van der Waals surface area contributed by atoms with Crippen LogP contribution in [0.25, 0.3) is 0 Å². The van der Waals surface area contributed by atoms with E-state index in [4.69, 9.17) is 0 Å². The molecule has 0 saturated carbocycles. The van der Waals surface area contributed by atoms with Crippen LogP contribution in [0.3, 0.4) is 0 Å². The minimum absolute atomic E-state index is 0.816. The van der Waals surface area contributed by atoms with Crippen LogP contribution in [-0.2, 0) is 6.42 Å². The Morgan fingerprint density at radius 1 is 1.17 bits per heavy atom. The van der Waals surface area contributed by atoms with Crippen molar-refractivity contribution in [1.29, 1.82) is 0 Å². The molecule has 0 aromatic heterocycles. The average Bonchev–Trinajstić information content (AvgIpc) is 2.40. The van der Waals surface area contributed by atoms with Crippen LogP contribution in [0, 0.1) is 12.8 Å². The maximum atomic E-state index is 3.65. The van der Waals surface area contributed by atoms with E-state index in [0.29, 0.717) is 0 Å². The standard InChI is InChI=1S/C17H29N/c1-5-8-9-15(6-2)13-18-17-11-10-14(4)12-16(17)7-3/h10-12,15,18H,5-9,13H2,1-4H3. The van der Waals surface area contributed by atoms with E-state index in [-0.39, 0.29) is 0 Å². The Morgan fingerprint density at radius 3 is 2.56 bits per heavy atom. The molecule has 1 heteroatoms. The molecule has 0 heterocycles. The van der Waals surface area contributed by atoms with Gasteiger partial charge in [0, 0.05) is 12.2 Å². The Balaban J connectivity index is 2.56. The van der Waals surface area contributed by atoms with Crippen molar-refractivity contribution in [3.8, 4) is 0 Å². The Hall–Kier alpha value is -0.980. The molecule has 0 aliphatic heterocycles. The molecule has 1 N–H and O–H groups in total. The van der Waals surface area contributed by atoms with Gasteiger partial charge in [0.05, 0.1) is 0 Å². The summed E-state index contributed by atoms with van der Waals surface area (Å²) in [5.74, 6) is 0.816. The van der Waals surface area contributed by atoms with Crippen LogP contribution in [0.5, 0.6) is 0 Å². The molecule has 1 nitrogen and oxygen atoms in total. The van der Waals surface area contributed by atoms with Gasteiger partial charge in [0.15, 0.2) is 0 Å². The third-order valence-electron chi connectivity index (χ3n) is 3.77. The lowest BCUT2D eigenvalue weighted by atomic mass is 9.99. The molecule has 1 rings (SSSR count). The van der Waals surface area contributed by atoms with E-state index < -0.39 is 0 Å². The molecule has 0 aliphatic carbocycles. The predicted molar refractivity (Wildman–Crippen MR) is 82.4 cm³/mol. The van der Waals surface area contributed by atoms with Gasteiger partial charge in [-0.05, 0) is 37.3 Å². The van der Waals surface area contributed by atoms with Gasteiger partial charge < -0.3 is 5.32 Å². The number of hydrogen-bond acceptors (Lipinski definition) is 1. The second-order valence-electron chi connectivity index (χ2n) is 5.31. The normalized spacial score (nSPS) is 12.4. The molecule has 0 radical (unpaired) electrons. The molecule has 0 spiro atoms.